The number of rotatable bonds is 5. The average Bonchev–Trinajstić information content (AvgIpc) is 2.27. The molecule has 17 heavy (non-hydrogen) atoms. The molecule has 1 aromatic rings. The van der Waals surface area contributed by atoms with Crippen molar-refractivity contribution >= 4 is 44.4 Å². The van der Waals surface area contributed by atoms with Crippen molar-refractivity contribution < 1.29 is 4.79 Å². The summed E-state index contributed by atoms with van der Waals surface area (Å²) in [6, 6.07) is 6.16. The first kappa shape index (κ1) is 14.9. The number of hydrogen-bond donors (Lipinski definition) is 2. The zero-order chi connectivity index (χ0) is 12.8. The van der Waals surface area contributed by atoms with Crippen LogP contribution < -0.4 is 10.6 Å². The van der Waals surface area contributed by atoms with Crippen LogP contribution in [0.3, 0.4) is 0 Å². The first-order valence-corrected chi connectivity index (χ1v) is 7.34. The highest BCUT2D eigenvalue weighted by molar-refractivity contribution is 14.1. The van der Waals surface area contributed by atoms with Crippen molar-refractivity contribution in [3.63, 3.8) is 0 Å². The van der Waals surface area contributed by atoms with Gasteiger partial charge in [-0.15, -0.1) is 0 Å². The first-order valence-electron chi connectivity index (χ1n) is 5.47. The summed E-state index contributed by atoms with van der Waals surface area (Å²) >= 11 is 5.58. The van der Waals surface area contributed by atoms with Crippen LogP contribution in [0, 0.1) is 3.57 Å². The second-order valence-corrected chi connectivity index (χ2v) is 6.09. The second kappa shape index (κ2) is 7.33. The Labute approximate surface area is 124 Å². The number of nitrogens with one attached hydrogen (secondary N) is 2. The van der Waals surface area contributed by atoms with Gasteiger partial charge in [-0.1, -0.05) is 13.8 Å². The van der Waals surface area contributed by atoms with Crippen LogP contribution in [-0.2, 0) is 0 Å². The molecular formula is C12H16BrIN2O. The summed E-state index contributed by atoms with van der Waals surface area (Å²) in [7, 11) is 0. The van der Waals surface area contributed by atoms with Crippen LogP contribution in [0.25, 0.3) is 0 Å². The highest BCUT2D eigenvalue weighted by atomic mass is 127. The van der Waals surface area contributed by atoms with E-state index in [9.17, 15) is 4.79 Å². The molecule has 0 bridgehead atoms. The fourth-order valence-electron chi connectivity index (χ4n) is 1.30. The van der Waals surface area contributed by atoms with Gasteiger partial charge in [-0.25, -0.2) is 0 Å². The molecule has 2 N–H and O–H groups in total. The molecule has 0 aliphatic rings. The van der Waals surface area contributed by atoms with Crippen LogP contribution in [0.4, 0.5) is 0 Å². The minimum absolute atomic E-state index is 0.0408. The van der Waals surface area contributed by atoms with E-state index in [0.717, 1.165) is 14.6 Å². The van der Waals surface area contributed by atoms with Gasteiger partial charge >= 0.3 is 0 Å². The zero-order valence-corrected chi connectivity index (χ0v) is 13.6. The highest BCUT2D eigenvalue weighted by Crippen LogP contribution is 2.19. The molecule has 0 saturated carbocycles. The minimum atomic E-state index is -0.0408. The van der Waals surface area contributed by atoms with Crippen molar-refractivity contribution in [2.45, 2.75) is 19.9 Å². The van der Waals surface area contributed by atoms with Gasteiger partial charge in [0, 0.05) is 27.2 Å². The lowest BCUT2D eigenvalue weighted by Crippen LogP contribution is -2.34. The maximum absolute atomic E-state index is 11.9. The maximum atomic E-state index is 11.9. The topological polar surface area (TPSA) is 41.1 Å². The SMILES string of the molecule is CC(C)NCCNC(=O)c1cc(I)ccc1Br. The van der Waals surface area contributed by atoms with Crippen LogP contribution >= 0.6 is 38.5 Å². The Balaban J connectivity index is 2.49. The number of carbonyl (C=O) groups excluding carboxylic acids is 1. The van der Waals surface area contributed by atoms with Gasteiger partial charge in [0.2, 0.25) is 0 Å². The molecule has 0 atom stereocenters. The molecule has 1 rings (SSSR count). The molecule has 0 fully saturated rings. The Kier molecular flexibility index (Phi) is 6.43. The van der Waals surface area contributed by atoms with Crippen molar-refractivity contribution in [1.82, 2.24) is 10.6 Å². The van der Waals surface area contributed by atoms with Gasteiger partial charge in [0.05, 0.1) is 5.56 Å². The minimum Gasteiger partial charge on any atom is -0.351 e. The number of halogens is 2. The number of hydrogen-bond acceptors (Lipinski definition) is 2. The summed E-state index contributed by atoms with van der Waals surface area (Å²) in [6.45, 7) is 5.58. The molecule has 1 aromatic carbocycles. The third kappa shape index (κ3) is 5.35. The summed E-state index contributed by atoms with van der Waals surface area (Å²) in [6.07, 6.45) is 0. The van der Waals surface area contributed by atoms with Crippen molar-refractivity contribution in [2.24, 2.45) is 0 Å². The molecule has 5 heteroatoms. The Morgan fingerprint density at radius 2 is 2.12 bits per heavy atom. The molecule has 0 radical (unpaired) electrons. The lowest BCUT2D eigenvalue weighted by molar-refractivity contribution is 0.0953. The number of carbonyl (C=O) groups is 1. The van der Waals surface area contributed by atoms with Crippen molar-refractivity contribution in [3.05, 3.63) is 31.8 Å². The molecule has 3 nitrogen and oxygen atoms in total. The lowest BCUT2D eigenvalue weighted by Gasteiger charge is -2.10. The second-order valence-electron chi connectivity index (χ2n) is 3.99. The molecule has 0 heterocycles. The third-order valence-electron chi connectivity index (χ3n) is 2.14. The van der Waals surface area contributed by atoms with E-state index >= 15 is 0 Å². The van der Waals surface area contributed by atoms with Gasteiger partial charge in [0.25, 0.3) is 5.91 Å². The van der Waals surface area contributed by atoms with E-state index in [0.29, 0.717) is 18.2 Å². The predicted molar refractivity (Wildman–Crippen MR) is 82.3 cm³/mol. The predicted octanol–water partition coefficient (Wildman–Crippen LogP) is 2.78. The smallest absolute Gasteiger partial charge is 0.252 e. The number of amides is 1. The summed E-state index contributed by atoms with van der Waals surface area (Å²) in [5.41, 5.74) is 0.682. The standard InChI is InChI=1S/C12H16BrIN2O/c1-8(2)15-5-6-16-12(17)10-7-9(14)3-4-11(10)13/h3-4,7-8,15H,5-6H2,1-2H3,(H,16,17). The van der Waals surface area contributed by atoms with Crippen molar-refractivity contribution in [1.29, 1.82) is 0 Å². The first-order chi connectivity index (χ1) is 8.00. The summed E-state index contributed by atoms with van der Waals surface area (Å²) in [5.74, 6) is -0.0408. The lowest BCUT2D eigenvalue weighted by atomic mass is 10.2. The van der Waals surface area contributed by atoms with Gasteiger partial charge in [0.1, 0.15) is 0 Å². The Hall–Kier alpha value is -0.140. The summed E-state index contributed by atoms with van der Waals surface area (Å²) in [4.78, 5) is 11.9. The van der Waals surface area contributed by atoms with Gasteiger partial charge < -0.3 is 10.6 Å². The molecular weight excluding hydrogens is 395 g/mol. The molecule has 1 amide bonds. The zero-order valence-electron chi connectivity index (χ0n) is 9.89. The van der Waals surface area contributed by atoms with Crippen LogP contribution in [0.15, 0.2) is 22.7 Å². The molecule has 0 spiro atoms. The van der Waals surface area contributed by atoms with E-state index in [-0.39, 0.29) is 5.91 Å². The molecule has 0 aromatic heterocycles. The molecule has 0 unspecified atom stereocenters. The van der Waals surface area contributed by atoms with Crippen LogP contribution in [-0.4, -0.2) is 25.0 Å². The third-order valence-corrected chi connectivity index (χ3v) is 3.50. The number of benzene rings is 1. The van der Waals surface area contributed by atoms with E-state index in [1.807, 2.05) is 18.2 Å². The monoisotopic (exact) mass is 410 g/mol. The quantitative estimate of drug-likeness (QED) is 0.578. The largest absolute Gasteiger partial charge is 0.351 e. The van der Waals surface area contributed by atoms with E-state index in [1.165, 1.54) is 0 Å². The molecule has 0 saturated heterocycles. The average molecular weight is 411 g/mol. The van der Waals surface area contributed by atoms with Gasteiger partial charge in [-0.2, -0.15) is 0 Å². The van der Waals surface area contributed by atoms with Gasteiger partial charge in [0.15, 0.2) is 0 Å². The summed E-state index contributed by atoms with van der Waals surface area (Å²) in [5, 5.41) is 6.14. The molecule has 0 aliphatic carbocycles. The molecule has 0 aliphatic heterocycles. The van der Waals surface area contributed by atoms with E-state index in [1.54, 1.807) is 0 Å². The molecule has 94 valence electrons. The van der Waals surface area contributed by atoms with Crippen LogP contribution in [0.2, 0.25) is 0 Å². The maximum Gasteiger partial charge on any atom is 0.252 e. The van der Waals surface area contributed by atoms with E-state index in [4.69, 9.17) is 0 Å². The Bertz CT molecular complexity index is 396. The van der Waals surface area contributed by atoms with E-state index < -0.39 is 0 Å². The van der Waals surface area contributed by atoms with Crippen molar-refractivity contribution in [3.8, 4) is 0 Å². The fourth-order valence-corrected chi connectivity index (χ4v) is 2.22. The van der Waals surface area contributed by atoms with Crippen LogP contribution in [0.1, 0.15) is 24.2 Å². The Morgan fingerprint density at radius 3 is 2.76 bits per heavy atom. The fraction of sp³-hybridized carbons (Fsp3) is 0.417. The van der Waals surface area contributed by atoms with Gasteiger partial charge in [-0.05, 0) is 56.7 Å². The normalized spacial score (nSPS) is 10.6. The summed E-state index contributed by atoms with van der Waals surface area (Å²) < 4.78 is 1.88. The highest BCUT2D eigenvalue weighted by Gasteiger charge is 2.09. The van der Waals surface area contributed by atoms with Crippen molar-refractivity contribution in [2.75, 3.05) is 13.1 Å². The van der Waals surface area contributed by atoms with E-state index in [2.05, 4.69) is 63.0 Å². The van der Waals surface area contributed by atoms with Gasteiger partial charge in [-0.3, -0.25) is 4.79 Å². The Morgan fingerprint density at radius 1 is 1.41 bits per heavy atom. The van der Waals surface area contributed by atoms with Crippen LogP contribution in [0.5, 0.6) is 0 Å².